The molecule has 2 heterocycles. The van der Waals surface area contributed by atoms with Crippen LogP contribution in [0.5, 0.6) is 0 Å². The molecule has 0 spiro atoms. The van der Waals surface area contributed by atoms with E-state index in [2.05, 4.69) is 39.6 Å². The van der Waals surface area contributed by atoms with Gasteiger partial charge in [0, 0.05) is 19.4 Å². The van der Waals surface area contributed by atoms with Crippen molar-refractivity contribution < 1.29 is 4.79 Å². The molecule has 5 nitrogen and oxygen atoms in total. The van der Waals surface area contributed by atoms with Crippen molar-refractivity contribution in [3.63, 3.8) is 0 Å². The molecule has 0 fully saturated rings. The molecule has 0 aliphatic rings. The van der Waals surface area contributed by atoms with Gasteiger partial charge in [-0.1, -0.05) is 19.1 Å². The van der Waals surface area contributed by atoms with Gasteiger partial charge in [0.2, 0.25) is 0 Å². The first-order chi connectivity index (χ1) is 11.6. The standard InChI is InChI=1S/C18H17IN4O/c1-3-13-6-8-14(9-7-13)23(17-15(19)5-4-11-20-17)18(24)16-10-12-21-22(16)2/h4-12H,3H2,1-2H3. The van der Waals surface area contributed by atoms with Crippen molar-refractivity contribution in [2.45, 2.75) is 13.3 Å². The SMILES string of the molecule is CCc1ccc(N(C(=O)c2ccnn2C)c2ncccc2I)cc1. The van der Waals surface area contributed by atoms with E-state index in [1.165, 1.54) is 5.56 Å². The topological polar surface area (TPSA) is 51.0 Å². The number of pyridine rings is 1. The third-order valence-electron chi connectivity index (χ3n) is 3.80. The minimum Gasteiger partial charge on any atom is -0.266 e. The number of rotatable bonds is 4. The summed E-state index contributed by atoms with van der Waals surface area (Å²) in [6, 6.07) is 13.5. The van der Waals surface area contributed by atoms with Crippen LogP contribution in [0, 0.1) is 3.57 Å². The van der Waals surface area contributed by atoms with Crippen LogP contribution in [0.25, 0.3) is 0 Å². The summed E-state index contributed by atoms with van der Waals surface area (Å²) in [5, 5.41) is 4.10. The van der Waals surface area contributed by atoms with Crippen molar-refractivity contribution in [2.75, 3.05) is 4.90 Å². The molecular formula is C18H17IN4O. The zero-order valence-corrected chi connectivity index (χ0v) is 15.6. The van der Waals surface area contributed by atoms with E-state index in [1.54, 1.807) is 35.1 Å². The van der Waals surface area contributed by atoms with E-state index < -0.39 is 0 Å². The second kappa shape index (κ2) is 7.12. The Morgan fingerprint density at radius 1 is 1.17 bits per heavy atom. The van der Waals surface area contributed by atoms with Gasteiger partial charge in [-0.05, 0) is 64.9 Å². The maximum Gasteiger partial charge on any atom is 0.282 e. The smallest absolute Gasteiger partial charge is 0.266 e. The summed E-state index contributed by atoms with van der Waals surface area (Å²) in [7, 11) is 1.76. The molecule has 6 heteroatoms. The van der Waals surface area contributed by atoms with E-state index in [-0.39, 0.29) is 5.91 Å². The lowest BCUT2D eigenvalue weighted by Gasteiger charge is -2.23. The number of hydrogen-bond donors (Lipinski definition) is 0. The van der Waals surface area contributed by atoms with Crippen LogP contribution in [0.15, 0.2) is 54.9 Å². The van der Waals surface area contributed by atoms with Gasteiger partial charge in [-0.3, -0.25) is 14.4 Å². The zero-order valence-electron chi connectivity index (χ0n) is 13.5. The lowest BCUT2D eigenvalue weighted by atomic mass is 10.1. The van der Waals surface area contributed by atoms with Crippen LogP contribution in [0.2, 0.25) is 0 Å². The highest BCUT2D eigenvalue weighted by molar-refractivity contribution is 14.1. The molecule has 0 atom stereocenters. The van der Waals surface area contributed by atoms with Crippen LogP contribution in [0.4, 0.5) is 11.5 Å². The Hall–Kier alpha value is -2.22. The number of halogens is 1. The number of nitrogens with zero attached hydrogens (tertiary/aromatic N) is 4. The van der Waals surface area contributed by atoms with Crippen LogP contribution >= 0.6 is 22.6 Å². The van der Waals surface area contributed by atoms with Gasteiger partial charge in [-0.25, -0.2) is 4.98 Å². The Morgan fingerprint density at radius 3 is 2.50 bits per heavy atom. The third-order valence-corrected chi connectivity index (χ3v) is 4.64. The molecule has 1 amide bonds. The first kappa shape index (κ1) is 16.6. The number of aromatic nitrogens is 3. The van der Waals surface area contributed by atoms with Crippen LogP contribution in [0.3, 0.4) is 0 Å². The largest absolute Gasteiger partial charge is 0.282 e. The molecule has 3 rings (SSSR count). The number of carbonyl (C=O) groups excluding carboxylic acids is 1. The minimum absolute atomic E-state index is 0.157. The summed E-state index contributed by atoms with van der Waals surface area (Å²) in [5.41, 5.74) is 2.52. The van der Waals surface area contributed by atoms with Crippen LogP contribution in [0.1, 0.15) is 23.0 Å². The molecule has 3 aromatic rings. The molecule has 122 valence electrons. The average molecular weight is 432 g/mol. The maximum absolute atomic E-state index is 13.2. The summed E-state index contributed by atoms with van der Waals surface area (Å²) in [4.78, 5) is 19.2. The summed E-state index contributed by atoms with van der Waals surface area (Å²) in [6.07, 6.45) is 4.27. The first-order valence-electron chi connectivity index (χ1n) is 7.63. The van der Waals surface area contributed by atoms with Gasteiger partial charge in [0.25, 0.3) is 5.91 Å². The third kappa shape index (κ3) is 3.19. The van der Waals surface area contributed by atoms with E-state index in [9.17, 15) is 4.79 Å². The molecule has 2 aromatic heterocycles. The second-order valence-corrected chi connectivity index (χ2v) is 6.47. The number of aryl methyl sites for hydroxylation is 2. The Balaban J connectivity index is 2.12. The molecule has 0 aliphatic heterocycles. The summed E-state index contributed by atoms with van der Waals surface area (Å²) >= 11 is 2.20. The number of anilines is 2. The Labute approximate surface area is 154 Å². The van der Waals surface area contributed by atoms with E-state index in [1.807, 2.05) is 36.4 Å². The fourth-order valence-electron chi connectivity index (χ4n) is 2.46. The zero-order chi connectivity index (χ0) is 17.1. The van der Waals surface area contributed by atoms with Gasteiger partial charge in [-0.15, -0.1) is 0 Å². The Bertz CT molecular complexity index is 857. The molecule has 0 radical (unpaired) electrons. The molecular weight excluding hydrogens is 415 g/mol. The minimum atomic E-state index is -0.157. The van der Waals surface area contributed by atoms with Crippen molar-refractivity contribution in [2.24, 2.45) is 7.05 Å². The number of benzene rings is 1. The van der Waals surface area contributed by atoms with Crippen molar-refractivity contribution in [3.05, 3.63) is 69.7 Å². The highest BCUT2D eigenvalue weighted by Gasteiger charge is 2.24. The lowest BCUT2D eigenvalue weighted by molar-refractivity contribution is 0.0989. The van der Waals surface area contributed by atoms with E-state index in [0.29, 0.717) is 11.5 Å². The summed E-state index contributed by atoms with van der Waals surface area (Å²) in [6.45, 7) is 2.11. The van der Waals surface area contributed by atoms with Gasteiger partial charge < -0.3 is 0 Å². The second-order valence-electron chi connectivity index (χ2n) is 5.31. The van der Waals surface area contributed by atoms with E-state index >= 15 is 0 Å². The van der Waals surface area contributed by atoms with Crippen LogP contribution in [-0.4, -0.2) is 20.7 Å². The number of carbonyl (C=O) groups is 1. The highest BCUT2D eigenvalue weighted by Crippen LogP contribution is 2.29. The average Bonchev–Trinajstić information content (AvgIpc) is 3.03. The van der Waals surface area contributed by atoms with Crippen LogP contribution < -0.4 is 4.90 Å². The van der Waals surface area contributed by atoms with Gasteiger partial charge in [0.15, 0.2) is 5.82 Å². The highest BCUT2D eigenvalue weighted by atomic mass is 127. The Kier molecular flexibility index (Phi) is 4.94. The van der Waals surface area contributed by atoms with Gasteiger partial charge in [-0.2, -0.15) is 5.10 Å². The number of amides is 1. The molecule has 0 aliphatic carbocycles. The van der Waals surface area contributed by atoms with Crippen molar-refractivity contribution in [3.8, 4) is 0 Å². The van der Waals surface area contributed by atoms with Crippen molar-refractivity contribution in [1.29, 1.82) is 0 Å². The molecule has 24 heavy (non-hydrogen) atoms. The predicted octanol–water partition coefficient (Wildman–Crippen LogP) is 3.96. The molecule has 0 saturated carbocycles. The van der Waals surface area contributed by atoms with Crippen molar-refractivity contribution in [1.82, 2.24) is 14.8 Å². The van der Waals surface area contributed by atoms with Crippen molar-refractivity contribution >= 4 is 40.0 Å². The summed E-state index contributed by atoms with van der Waals surface area (Å²) in [5.74, 6) is 0.462. The fourth-order valence-corrected chi connectivity index (χ4v) is 3.04. The van der Waals surface area contributed by atoms with Gasteiger partial charge >= 0.3 is 0 Å². The Morgan fingerprint density at radius 2 is 1.92 bits per heavy atom. The summed E-state index contributed by atoms with van der Waals surface area (Å²) < 4.78 is 2.48. The van der Waals surface area contributed by atoms with Gasteiger partial charge in [0.05, 0.1) is 9.26 Å². The quantitative estimate of drug-likeness (QED) is 0.587. The normalized spacial score (nSPS) is 10.6. The molecule has 0 N–H and O–H groups in total. The molecule has 0 unspecified atom stereocenters. The number of hydrogen-bond acceptors (Lipinski definition) is 3. The fraction of sp³-hybridized carbons (Fsp3) is 0.167. The van der Waals surface area contributed by atoms with E-state index in [4.69, 9.17) is 0 Å². The molecule has 0 saturated heterocycles. The monoisotopic (exact) mass is 432 g/mol. The molecule has 0 bridgehead atoms. The lowest BCUT2D eigenvalue weighted by Crippen LogP contribution is -2.29. The van der Waals surface area contributed by atoms with Gasteiger partial charge in [0.1, 0.15) is 5.69 Å². The van der Waals surface area contributed by atoms with E-state index in [0.717, 1.165) is 15.7 Å². The first-order valence-corrected chi connectivity index (χ1v) is 8.71. The maximum atomic E-state index is 13.2. The molecule has 1 aromatic carbocycles. The predicted molar refractivity (Wildman–Crippen MR) is 102 cm³/mol. The van der Waals surface area contributed by atoms with Crippen LogP contribution in [-0.2, 0) is 13.5 Å².